The van der Waals surface area contributed by atoms with Crippen LogP contribution < -0.4 is 0 Å². The van der Waals surface area contributed by atoms with Gasteiger partial charge in [0.25, 0.3) is 0 Å². The van der Waals surface area contributed by atoms with Gasteiger partial charge >= 0.3 is 0 Å². The van der Waals surface area contributed by atoms with Crippen LogP contribution in [0.4, 0.5) is 0 Å². The maximum absolute atomic E-state index is 10.4. The maximum atomic E-state index is 10.4. The van der Waals surface area contributed by atoms with Gasteiger partial charge in [0.1, 0.15) is 36.1 Å². The van der Waals surface area contributed by atoms with Crippen molar-refractivity contribution in [1.29, 1.82) is 0 Å². The number of rotatable bonds is 2. The Kier molecular flexibility index (Phi) is 3.91. The number of aliphatic hydroxyl groups excluding tert-OH is 5. The molecule has 1 fully saturated rings. The zero-order chi connectivity index (χ0) is 14.2. The fourth-order valence-corrected chi connectivity index (χ4v) is 2.47. The van der Waals surface area contributed by atoms with Gasteiger partial charge in [-0.3, -0.25) is 0 Å². The minimum Gasteiger partial charge on any atom is -0.387 e. The predicted molar refractivity (Wildman–Crippen MR) is 65.1 cm³/mol. The summed E-state index contributed by atoms with van der Waals surface area (Å²) in [4.78, 5) is 0. The Balaban J connectivity index is 2.29. The molecule has 0 spiro atoms. The van der Waals surface area contributed by atoms with Gasteiger partial charge in [-0.05, 0) is 5.56 Å². The van der Waals surface area contributed by atoms with Gasteiger partial charge in [-0.1, -0.05) is 30.3 Å². The molecule has 0 unspecified atom stereocenters. The van der Waals surface area contributed by atoms with Crippen LogP contribution in [-0.4, -0.2) is 66.8 Å². The van der Waals surface area contributed by atoms with Crippen LogP contribution in [-0.2, 0) is 6.42 Å². The summed E-state index contributed by atoms with van der Waals surface area (Å²) in [7, 11) is 0. The monoisotopic (exact) mass is 270 g/mol. The van der Waals surface area contributed by atoms with E-state index in [1.807, 2.05) is 0 Å². The largest absolute Gasteiger partial charge is 0.387 e. The highest BCUT2D eigenvalue weighted by Gasteiger charge is 2.57. The number of aliphatic hydroxyl groups is 6. The average molecular weight is 270 g/mol. The van der Waals surface area contributed by atoms with E-state index in [0.29, 0.717) is 5.56 Å². The maximum Gasteiger partial charge on any atom is 0.125 e. The first-order chi connectivity index (χ1) is 8.88. The minimum atomic E-state index is -2.13. The molecule has 0 radical (unpaired) electrons. The lowest BCUT2D eigenvalue weighted by atomic mass is 9.72. The molecule has 0 aliphatic heterocycles. The van der Waals surface area contributed by atoms with E-state index < -0.39 is 36.1 Å². The SMILES string of the molecule is OC1[C@@H](O)[C@H](O)C(O)(Cc2ccccc2)[C@@H](O)[C@@H]1O. The third-order valence-corrected chi connectivity index (χ3v) is 3.70. The molecule has 2 rings (SSSR count). The van der Waals surface area contributed by atoms with Gasteiger partial charge in [0, 0.05) is 6.42 Å². The predicted octanol–water partition coefficient (Wildman–Crippen LogP) is -2.22. The molecule has 0 aromatic heterocycles. The smallest absolute Gasteiger partial charge is 0.125 e. The summed E-state index contributed by atoms with van der Waals surface area (Å²) in [6.07, 6.45) is -8.85. The van der Waals surface area contributed by atoms with Crippen molar-refractivity contribution in [3.8, 4) is 0 Å². The van der Waals surface area contributed by atoms with Gasteiger partial charge < -0.3 is 30.6 Å². The van der Waals surface area contributed by atoms with E-state index in [-0.39, 0.29) is 6.42 Å². The summed E-state index contributed by atoms with van der Waals surface area (Å²) in [6.45, 7) is 0. The standard InChI is InChI=1S/C13H18O6/c14-8-9(15)11(17)13(19,12(18)10(8)16)6-7-4-2-1-3-5-7/h1-5,8-12,14-19H,6H2/t8?,9-,10-,11+,12+,13?/m1/s1. The molecule has 0 amide bonds. The molecule has 1 saturated carbocycles. The molecule has 1 aliphatic rings. The highest BCUT2D eigenvalue weighted by Crippen LogP contribution is 2.33. The fraction of sp³-hybridized carbons (Fsp3) is 0.538. The van der Waals surface area contributed by atoms with E-state index in [2.05, 4.69) is 0 Å². The van der Waals surface area contributed by atoms with Crippen molar-refractivity contribution in [3.05, 3.63) is 35.9 Å². The zero-order valence-electron chi connectivity index (χ0n) is 10.2. The van der Waals surface area contributed by atoms with E-state index >= 15 is 0 Å². The molecule has 4 atom stereocenters. The third-order valence-electron chi connectivity index (χ3n) is 3.70. The average Bonchev–Trinajstić information content (AvgIpc) is 2.43. The lowest BCUT2D eigenvalue weighted by Crippen LogP contribution is -2.71. The quantitative estimate of drug-likeness (QED) is 0.362. The highest BCUT2D eigenvalue weighted by atomic mass is 16.4. The Hall–Kier alpha value is -1.02. The number of hydrogen-bond donors (Lipinski definition) is 6. The Labute approximate surface area is 110 Å². The van der Waals surface area contributed by atoms with Crippen LogP contribution in [0.5, 0.6) is 0 Å². The van der Waals surface area contributed by atoms with Crippen molar-refractivity contribution in [3.63, 3.8) is 0 Å². The minimum absolute atomic E-state index is 0.156. The molecule has 6 heteroatoms. The second-order valence-electron chi connectivity index (χ2n) is 5.02. The third kappa shape index (κ3) is 2.38. The summed E-state index contributed by atoms with van der Waals surface area (Å²) in [5.41, 5.74) is -1.50. The van der Waals surface area contributed by atoms with Crippen LogP contribution in [0.1, 0.15) is 5.56 Å². The van der Waals surface area contributed by atoms with Crippen molar-refractivity contribution in [2.24, 2.45) is 0 Å². The Morgan fingerprint density at radius 2 is 1.26 bits per heavy atom. The van der Waals surface area contributed by atoms with E-state index in [4.69, 9.17) is 0 Å². The molecule has 0 bridgehead atoms. The lowest BCUT2D eigenvalue weighted by molar-refractivity contribution is -0.267. The van der Waals surface area contributed by atoms with E-state index in [0.717, 1.165) is 0 Å². The molecular weight excluding hydrogens is 252 g/mol. The van der Waals surface area contributed by atoms with Gasteiger partial charge in [0.2, 0.25) is 0 Å². The molecule has 1 aliphatic carbocycles. The first kappa shape index (κ1) is 14.4. The molecule has 0 heterocycles. The van der Waals surface area contributed by atoms with Gasteiger partial charge in [-0.25, -0.2) is 0 Å². The second kappa shape index (κ2) is 5.16. The van der Waals surface area contributed by atoms with Crippen LogP contribution in [0, 0.1) is 0 Å². The van der Waals surface area contributed by atoms with Crippen LogP contribution in [0.15, 0.2) is 30.3 Å². The first-order valence-corrected chi connectivity index (χ1v) is 6.04. The van der Waals surface area contributed by atoms with E-state index in [1.54, 1.807) is 30.3 Å². The molecular formula is C13H18O6. The van der Waals surface area contributed by atoms with Gasteiger partial charge in [0.15, 0.2) is 0 Å². The van der Waals surface area contributed by atoms with Gasteiger partial charge in [-0.2, -0.15) is 0 Å². The van der Waals surface area contributed by atoms with Crippen molar-refractivity contribution >= 4 is 0 Å². The fourth-order valence-electron chi connectivity index (χ4n) is 2.47. The Morgan fingerprint density at radius 3 is 1.74 bits per heavy atom. The van der Waals surface area contributed by atoms with Crippen molar-refractivity contribution in [1.82, 2.24) is 0 Å². The highest BCUT2D eigenvalue weighted by molar-refractivity contribution is 5.21. The van der Waals surface area contributed by atoms with Gasteiger partial charge in [-0.15, -0.1) is 0 Å². The first-order valence-electron chi connectivity index (χ1n) is 6.04. The molecule has 1 aromatic rings. The summed E-state index contributed by atoms with van der Waals surface area (Å²) in [5, 5.41) is 58.8. The normalized spacial score (nSPS) is 43.2. The molecule has 0 saturated heterocycles. The molecule has 6 N–H and O–H groups in total. The Bertz CT molecular complexity index is 406. The summed E-state index contributed by atoms with van der Waals surface area (Å²) < 4.78 is 0. The topological polar surface area (TPSA) is 121 Å². The van der Waals surface area contributed by atoms with E-state index in [1.165, 1.54) is 0 Å². The molecule has 19 heavy (non-hydrogen) atoms. The van der Waals surface area contributed by atoms with Crippen LogP contribution in [0.25, 0.3) is 0 Å². The number of hydrogen-bond acceptors (Lipinski definition) is 6. The summed E-state index contributed by atoms with van der Waals surface area (Å²) in [5.74, 6) is 0. The van der Waals surface area contributed by atoms with E-state index in [9.17, 15) is 30.6 Å². The van der Waals surface area contributed by atoms with Crippen molar-refractivity contribution in [2.75, 3.05) is 0 Å². The number of benzene rings is 1. The van der Waals surface area contributed by atoms with Crippen LogP contribution in [0.3, 0.4) is 0 Å². The second-order valence-corrected chi connectivity index (χ2v) is 5.02. The zero-order valence-corrected chi connectivity index (χ0v) is 10.2. The van der Waals surface area contributed by atoms with Crippen molar-refractivity contribution in [2.45, 2.75) is 42.5 Å². The molecule has 6 nitrogen and oxygen atoms in total. The Morgan fingerprint density at radius 1 is 0.789 bits per heavy atom. The molecule has 1 aromatic carbocycles. The van der Waals surface area contributed by atoms with Crippen LogP contribution >= 0.6 is 0 Å². The van der Waals surface area contributed by atoms with Crippen LogP contribution in [0.2, 0.25) is 0 Å². The lowest BCUT2D eigenvalue weighted by Gasteiger charge is -2.47. The van der Waals surface area contributed by atoms with Crippen molar-refractivity contribution < 1.29 is 30.6 Å². The molecule has 106 valence electrons. The summed E-state index contributed by atoms with van der Waals surface area (Å²) >= 11 is 0. The van der Waals surface area contributed by atoms with Gasteiger partial charge in [0.05, 0.1) is 0 Å². The summed E-state index contributed by atoms with van der Waals surface area (Å²) in [6, 6.07) is 8.58.